The van der Waals surface area contributed by atoms with Crippen LogP contribution in [0.25, 0.3) is 0 Å². The molecule has 0 spiro atoms. The van der Waals surface area contributed by atoms with Gasteiger partial charge in [-0.2, -0.15) is 13.2 Å². The van der Waals surface area contributed by atoms with Gasteiger partial charge in [0.15, 0.2) is 0 Å². The number of hydrogen-bond acceptors (Lipinski definition) is 2. The Kier molecular flexibility index (Phi) is 2.51. The van der Waals surface area contributed by atoms with Gasteiger partial charge in [-0.25, -0.2) is 4.79 Å². The lowest BCUT2D eigenvalue weighted by molar-refractivity contribution is -0.273. The van der Waals surface area contributed by atoms with Gasteiger partial charge in [0.05, 0.1) is 5.69 Å². The van der Waals surface area contributed by atoms with Crippen molar-refractivity contribution in [1.82, 2.24) is 0 Å². The monoisotopic (exact) mass is 291 g/mol. The van der Waals surface area contributed by atoms with E-state index in [0.717, 1.165) is 0 Å². The molecule has 2 aliphatic rings. The number of benzene rings is 1. The van der Waals surface area contributed by atoms with E-state index in [-0.39, 0.29) is 16.3 Å². The van der Waals surface area contributed by atoms with E-state index < -0.39 is 23.8 Å². The lowest BCUT2D eigenvalue weighted by atomic mass is 9.85. The van der Waals surface area contributed by atoms with E-state index in [0.29, 0.717) is 12.8 Å². The third-order valence-electron chi connectivity index (χ3n) is 3.45. The van der Waals surface area contributed by atoms with Crippen LogP contribution in [0.5, 0.6) is 0 Å². The van der Waals surface area contributed by atoms with E-state index in [1.54, 1.807) is 0 Å². The van der Waals surface area contributed by atoms with E-state index >= 15 is 0 Å². The molecule has 1 aromatic carbocycles. The molecule has 3 rings (SSSR count). The highest BCUT2D eigenvalue weighted by molar-refractivity contribution is 6.30. The second-order valence-electron chi connectivity index (χ2n) is 4.71. The van der Waals surface area contributed by atoms with Crippen LogP contribution in [0, 0.1) is 5.92 Å². The number of fused-ring (bicyclic) bond motifs is 1. The van der Waals surface area contributed by atoms with Gasteiger partial charge in [-0.05, 0) is 31.0 Å². The highest BCUT2D eigenvalue weighted by Gasteiger charge is 2.68. The molecule has 0 radical (unpaired) electrons. The lowest BCUT2D eigenvalue weighted by Gasteiger charge is -2.40. The normalized spacial score (nSPS) is 26.4. The summed E-state index contributed by atoms with van der Waals surface area (Å²) in [5, 5.41) is 2.45. The van der Waals surface area contributed by atoms with Crippen molar-refractivity contribution in [2.75, 3.05) is 5.32 Å². The van der Waals surface area contributed by atoms with Crippen LogP contribution in [-0.2, 0) is 10.3 Å². The Labute approximate surface area is 111 Å². The molecule has 1 aromatic rings. The number of rotatable bonds is 1. The first-order valence-corrected chi connectivity index (χ1v) is 6.09. The Bertz CT molecular complexity index is 556. The minimum atomic E-state index is -4.68. The third-order valence-corrected chi connectivity index (χ3v) is 3.68. The number of anilines is 1. The summed E-state index contributed by atoms with van der Waals surface area (Å²) in [6.07, 6.45) is -5.01. The van der Waals surface area contributed by atoms with Gasteiger partial charge in [-0.15, -0.1) is 0 Å². The zero-order chi connectivity index (χ0) is 13.8. The number of alkyl halides is 3. The van der Waals surface area contributed by atoms with Crippen molar-refractivity contribution in [3.05, 3.63) is 28.8 Å². The molecule has 1 saturated carbocycles. The van der Waals surface area contributed by atoms with Crippen LogP contribution in [0.15, 0.2) is 18.2 Å². The van der Waals surface area contributed by atoms with Gasteiger partial charge in [0.2, 0.25) is 5.60 Å². The maximum Gasteiger partial charge on any atom is 0.433 e. The molecule has 0 aromatic heterocycles. The Morgan fingerprint density at radius 3 is 2.63 bits per heavy atom. The number of ether oxygens (including phenoxy) is 1. The van der Waals surface area contributed by atoms with Crippen LogP contribution in [0.1, 0.15) is 18.4 Å². The van der Waals surface area contributed by atoms with Gasteiger partial charge in [0, 0.05) is 16.5 Å². The van der Waals surface area contributed by atoms with Gasteiger partial charge in [0.1, 0.15) is 0 Å². The zero-order valence-electron chi connectivity index (χ0n) is 9.55. The minimum Gasteiger partial charge on any atom is -0.428 e. The maximum absolute atomic E-state index is 13.5. The van der Waals surface area contributed by atoms with Gasteiger partial charge in [0.25, 0.3) is 0 Å². The van der Waals surface area contributed by atoms with Gasteiger partial charge in [-0.3, -0.25) is 5.32 Å². The Hall–Kier alpha value is -1.43. The second kappa shape index (κ2) is 3.79. The van der Waals surface area contributed by atoms with Crippen LogP contribution in [0.2, 0.25) is 5.02 Å². The quantitative estimate of drug-likeness (QED) is 0.847. The van der Waals surface area contributed by atoms with Crippen LogP contribution in [0.3, 0.4) is 0 Å². The summed E-state index contributed by atoms with van der Waals surface area (Å²) in [5.41, 5.74) is -2.59. The molecule has 7 heteroatoms. The molecule has 102 valence electrons. The first-order valence-electron chi connectivity index (χ1n) is 5.71. The zero-order valence-corrected chi connectivity index (χ0v) is 10.3. The number of nitrogens with one attached hydrogen (secondary N) is 1. The SMILES string of the molecule is O=C1Nc2ccc(Cl)cc2[C@@](C2CC2)(C(F)(F)F)O1. The van der Waals surface area contributed by atoms with Crippen LogP contribution >= 0.6 is 11.6 Å². The summed E-state index contributed by atoms with van der Waals surface area (Å²) in [6, 6.07) is 4.00. The van der Waals surface area contributed by atoms with Crippen molar-refractivity contribution in [3.63, 3.8) is 0 Å². The largest absolute Gasteiger partial charge is 0.433 e. The van der Waals surface area contributed by atoms with Gasteiger partial charge in [-0.1, -0.05) is 11.6 Å². The summed E-state index contributed by atoms with van der Waals surface area (Å²) >= 11 is 5.78. The van der Waals surface area contributed by atoms with Crippen molar-refractivity contribution in [3.8, 4) is 0 Å². The minimum absolute atomic E-state index is 0.102. The fourth-order valence-corrected chi connectivity index (χ4v) is 2.68. The first-order chi connectivity index (χ1) is 8.84. The molecule has 1 aliphatic carbocycles. The molecular weight excluding hydrogens is 283 g/mol. The Morgan fingerprint density at radius 1 is 1.37 bits per heavy atom. The van der Waals surface area contributed by atoms with Crippen molar-refractivity contribution in [1.29, 1.82) is 0 Å². The maximum atomic E-state index is 13.5. The van der Waals surface area contributed by atoms with Crippen molar-refractivity contribution < 1.29 is 22.7 Å². The molecule has 1 fully saturated rings. The van der Waals surface area contributed by atoms with E-state index in [1.165, 1.54) is 18.2 Å². The molecule has 0 bridgehead atoms. The summed E-state index contributed by atoms with van der Waals surface area (Å²) < 4.78 is 45.3. The molecule has 1 heterocycles. The van der Waals surface area contributed by atoms with E-state index in [9.17, 15) is 18.0 Å². The average Bonchev–Trinajstić information content (AvgIpc) is 3.11. The fraction of sp³-hybridized carbons (Fsp3) is 0.417. The van der Waals surface area contributed by atoms with Gasteiger partial charge >= 0.3 is 12.3 Å². The highest BCUT2D eigenvalue weighted by Crippen LogP contribution is 2.59. The Morgan fingerprint density at radius 2 is 2.05 bits per heavy atom. The summed E-state index contributed by atoms with van der Waals surface area (Å²) in [5.74, 6) is -0.740. The van der Waals surface area contributed by atoms with Crippen molar-refractivity contribution >= 4 is 23.4 Å². The molecule has 0 unspecified atom stereocenters. The predicted molar refractivity (Wildman–Crippen MR) is 62.0 cm³/mol. The first kappa shape index (κ1) is 12.6. The molecule has 0 saturated heterocycles. The molecule has 19 heavy (non-hydrogen) atoms. The molecule has 1 amide bonds. The summed E-state index contributed by atoms with van der Waals surface area (Å²) in [6.45, 7) is 0. The lowest BCUT2D eigenvalue weighted by Crippen LogP contribution is -2.51. The van der Waals surface area contributed by atoms with Gasteiger partial charge < -0.3 is 4.74 Å². The average molecular weight is 292 g/mol. The third kappa shape index (κ3) is 1.77. The fourth-order valence-electron chi connectivity index (χ4n) is 2.50. The molecule has 1 N–H and O–H groups in total. The van der Waals surface area contributed by atoms with Crippen LogP contribution in [0.4, 0.5) is 23.7 Å². The second-order valence-corrected chi connectivity index (χ2v) is 5.15. The van der Waals surface area contributed by atoms with E-state index in [2.05, 4.69) is 5.32 Å². The summed E-state index contributed by atoms with van der Waals surface area (Å²) in [4.78, 5) is 11.4. The standard InChI is InChI=1S/C12H9ClF3NO2/c13-7-3-4-9-8(5-7)11(6-1-2-6,12(14,15)16)19-10(18)17-9/h3-6H,1-2H2,(H,17,18)/t11-/m0/s1. The molecule has 1 atom stereocenters. The summed E-state index contributed by atoms with van der Waals surface area (Å²) in [7, 11) is 0. The van der Waals surface area contributed by atoms with E-state index in [1.807, 2.05) is 0 Å². The van der Waals surface area contributed by atoms with Crippen molar-refractivity contribution in [2.24, 2.45) is 5.92 Å². The molecule has 1 aliphatic heterocycles. The number of amides is 1. The predicted octanol–water partition coefficient (Wildman–Crippen LogP) is 4.07. The van der Waals surface area contributed by atoms with Crippen LogP contribution in [-0.4, -0.2) is 12.3 Å². The Balaban J connectivity index is 2.25. The molecule has 3 nitrogen and oxygen atoms in total. The number of cyclic esters (lactones) is 1. The number of carbonyl (C=O) groups excluding carboxylic acids is 1. The number of hydrogen-bond donors (Lipinski definition) is 1. The number of halogens is 4. The topological polar surface area (TPSA) is 38.3 Å². The number of carbonyl (C=O) groups is 1. The van der Waals surface area contributed by atoms with E-state index in [4.69, 9.17) is 16.3 Å². The smallest absolute Gasteiger partial charge is 0.428 e. The van der Waals surface area contributed by atoms with Crippen LogP contribution < -0.4 is 5.32 Å². The van der Waals surface area contributed by atoms with Crippen molar-refractivity contribution in [2.45, 2.75) is 24.6 Å². The molecular formula is C12H9ClF3NO2. The highest BCUT2D eigenvalue weighted by atomic mass is 35.5.